The summed E-state index contributed by atoms with van der Waals surface area (Å²) in [7, 11) is 0. The number of aromatic nitrogens is 3. The van der Waals surface area contributed by atoms with Crippen molar-refractivity contribution in [2.75, 3.05) is 0 Å². The van der Waals surface area contributed by atoms with Crippen LogP contribution in [0.2, 0.25) is 0 Å². The van der Waals surface area contributed by atoms with Crippen molar-refractivity contribution in [1.82, 2.24) is 14.5 Å². The summed E-state index contributed by atoms with van der Waals surface area (Å²) in [5.74, 6) is -0.0133. The molecule has 2 heterocycles. The summed E-state index contributed by atoms with van der Waals surface area (Å²) in [6.45, 7) is 0. The van der Waals surface area contributed by atoms with Gasteiger partial charge in [-0.1, -0.05) is 18.2 Å². The van der Waals surface area contributed by atoms with Crippen LogP contribution in [-0.2, 0) is 0 Å². The van der Waals surface area contributed by atoms with Gasteiger partial charge in [0.25, 0.3) is 5.91 Å². The van der Waals surface area contributed by atoms with E-state index >= 15 is 0 Å². The molecule has 4 heteroatoms. The molecule has 0 N–H and O–H groups in total. The molecule has 0 spiro atoms. The Hall–Kier alpha value is -2.49. The Kier molecular flexibility index (Phi) is 2.19. The Morgan fingerprint density at radius 3 is 2.65 bits per heavy atom. The molecule has 0 radical (unpaired) electrons. The summed E-state index contributed by atoms with van der Waals surface area (Å²) >= 11 is 0. The molecule has 1 aromatic carbocycles. The average Bonchev–Trinajstić information content (AvgIpc) is 2.91. The third kappa shape index (κ3) is 1.69. The van der Waals surface area contributed by atoms with Gasteiger partial charge in [-0.15, -0.1) is 0 Å². The van der Waals surface area contributed by atoms with Crippen molar-refractivity contribution in [3.05, 3.63) is 60.8 Å². The van der Waals surface area contributed by atoms with Gasteiger partial charge in [0, 0.05) is 24.0 Å². The number of nitrogens with zero attached hydrogens (tertiary/aromatic N) is 3. The molecular formula is C13H9N3O. The first-order valence-electron chi connectivity index (χ1n) is 5.24. The maximum absolute atomic E-state index is 12.0. The van der Waals surface area contributed by atoms with Gasteiger partial charge in [0.15, 0.2) is 0 Å². The fourth-order valence-corrected chi connectivity index (χ4v) is 1.66. The van der Waals surface area contributed by atoms with Gasteiger partial charge in [0.1, 0.15) is 0 Å². The van der Waals surface area contributed by atoms with E-state index in [0.717, 1.165) is 10.9 Å². The quantitative estimate of drug-likeness (QED) is 0.634. The lowest BCUT2D eigenvalue weighted by molar-refractivity contribution is 0.0950. The van der Waals surface area contributed by atoms with E-state index in [1.807, 2.05) is 24.3 Å². The molecule has 2 aromatic heterocycles. The van der Waals surface area contributed by atoms with E-state index in [9.17, 15) is 4.79 Å². The van der Waals surface area contributed by atoms with Gasteiger partial charge in [0.05, 0.1) is 5.52 Å². The molecule has 0 saturated carbocycles. The first-order chi connectivity index (χ1) is 8.34. The number of hydrogen-bond donors (Lipinski definition) is 0. The fraction of sp³-hybridized carbons (Fsp3) is 0. The van der Waals surface area contributed by atoms with Crippen molar-refractivity contribution < 1.29 is 4.79 Å². The van der Waals surface area contributed by atoms with Crippen molar-refractivity contribution >= 4 is 16.8 Å². The predicted molar refractivity (Wildman–Crippen MR) is 63.7 cm³/mol. The molecule has 0 amide bonds. The highest BCUT2D eigenvalue weighted by molar-refractivity contribution is 5.94. The summed E-state index contributed by atoms with van der Waals surface area (Å²) in [5, 5.41) is 0.927. The molecule has 4 nitrogen and oxygen atoms in total. The first-order valence-corrected chi connectivity index (χ1v) is 5.24. The van der Waals surface area contributed by atoms with E-state index in [1.165, 1.54) is 4.57 Å². The van der Waals surface area contributed by atoms with Crippen molar-refractivity contribution in [3.8, 4) is 0 Å². The zero-order valence-electron chi connectivity index (χ0n) is 8.95. The monoisotopic (exact) mass is 223 g/mol. The molecule has 3 aromatic rings. The van der Waals surface area contributed by atoms with Gasteiger partial charge in [-0.05, 0) is 18.2 Å². The molecule has 0 fully saturated rings. The van der Waals surface area contributed by atoms with Crippen molar-refractivity contribution in [2.24, 2.45) is 0 Å². The Morgan fingerprint density at radius 2 is 1.82 bits per heavy atom. The van der Waals surface area contributed by atoms with E-state index < -0.39 is 0 Å². The normalized spacial score (nSPS) is 10.6. The lowest BCUT2D eigenvalue weighted by Gasteiger charge is -2.01. The van der Waals surface area contributed by atoms with Crippen LogP contribution in [0.15, 0.2) is 55.0 Å². The van der Waals surface area contributed by atoms with E-state index in [2.05, 4.69) is 9.97 Å². The molecule has 0 saturated heterocycles. The third-order valence-electron chi connectivity index (χ3n) is 2.52. The van der Waals surface area contributed by atoms with Crippen LogP contribution in [0.1, 0.15) is 10.6 Å². The van der Waals surface area contributed by atoms with Crippen LogP contribution >= 0.6 is 0 Å². The Morgan fingerprint density at radius 1 is 1.06 bits per heavy atom. The van der Waals surface area contributed by atoms with Crippen LogP contribution < -0.4 is 0 Å². The fourth-order valence-electron chi connectivity index (χ4n) is 1.66. The van der Waals surface area contributed by atoms with Gasteiger partial charge < -0.3 is 0 Å². The van der Waals surface area contributed by atoms with E-state index in [0.29, 0.717) is 0 Å². The minimum absolute atomic E-state index is 0.208. The third-order valence-corrected chi connectivity index (χ3v) is 2.52. The van der Waals surface area contributed by atoms with E-state index in [4.69, 9.17) is 0 Å². The zero-order chi connectivity index (χ0) is 11.7. The van der Waals surface area contributed by atoms with Crippen molar-refractivity contribution in [3.63, 3.8) is 0 Å². The highest BCUT2D eigenvalue weighted by Gasteiger charge is 2.10. The Bertz CT molecular complexity index is 674. The number of benzene rings is 1. The van der Waals surface area contributed by atoms with E-state index in [-0.39, 0.29) is 11.7 Å². The standard InChI is InChI=1S/C13H9N3O/c17-13(16-7-3-4-8-16)12-14-9-10-5-1-2-6-11(10)15-12/h1-9H. The molecule has 0 bridgehead atoms. The molecule has 82 valence electrons. The van der Waals surface area contributed by atoms with Crippen LogP contribution in [0.25, 0.3) is 10.9 Å². The summed E-state index contributed by atoms with van der Waals surface area (Å²) in [6, 6.07) is 11.2. The second-order valence-corrected chi connectivity index (χ2v) is 3.65. The number of carbonyl (C=O) groups is 1. The summed E-state index contributed by atoms with van der Waals surface area (Å²) in [5.41, 5.74) is 0.776. The molecule has 3 rings (SSSR count). The first kappa shape index (κ1) is 9.72. The summed E-state index contributed by atoms with van der Waals surface area (Å²) < 4.78 is 1.46. The van der Waals surface area contributed by atoms with Gasteiger partial charge in [-0.3, -0.25) is 9.36 Å². The van der Waals surface area contributed by atoms with Crippen LogP contribution in [0.5, 0.6) is 0 Å². The minimum atomic E-state index is -0.222. The van der Waals surface area contributed by atoms with Crippen LogP contribution in [0, 0.1) is 0 Å². The maximum atomic E-state index is 12.0. The van der Waals surface area contributed by atoms with Crippen LogP contribution in [0.3, 0.4) is 0 Å². The smallest absolute Gasteiger partial charge is 0.288 e. The van der Waals surface area contributed by atoms with Crippen molar-refractivity contribution in [2.45, 2.75) is 0 Å². The molecule has 0 aliphatic heterocycles. The number of carbonyl (C=O) groups excluding carboxylic acids is 1. The maximum Gasteiger partial charge on any atom is 0.299 e. The SMILES string of the molecule is O=C(c1ncc2ccccc2n1)n1cccc1. The van der Waals surface area contributed by atoms with Gasteiger partial charge >= 0.3 is 0 Å². The number of rotatable bonds is 1. The summed E-state index contributed by atoms with van der Waals surface area (Å²) in [4.78, 5) is 20.3. The predicted octanol–water partition coefficient (Wildman–Crippen LogP) is 2.12. The minimum Gasteiger partial charge on any atom is -0.288 e. The lowest BCUT2D eigenvalue weighted by atomic mass is 10.2. The Labute approximate surface area is 97.6 Å². The molecule has 0 aliphatic rings. The molecule has 0 unspecified atom stereocenters. The highest BCUT2D eigenvalue weighted by atomic mass is 16.2. The van der Waals surface area contributed by atoms with Gasteiger partial charge in [0.2, 0.25) is 5.82 Å². The average molecular weight is 223 g/mol. The zero-order valence-corrected chi connectivity index (χ0v) is 8.95. The van der Waals surface area contributed by atoms with Gasteiger partial charge in [-0.25, -0.2) is 9.97 Å². The summed E-state index contributed by atoms with van der Waals surface area (Å²) in [6.07, 6.45) is 5.03. The second kappa shape index (κ2) is 3.83. The topological polar surface area (TPSA) is 47.8 Å². The largest absolute Gasteiger partial charge is 0.299 e. The number of para-hydroxylation sites is 1. The number of fused-ring (bicyclic) bond motifs is 1. The van der Waals surface area contributed by atoms with E-state index in [1.54, 1.807) is 30.7 Å². The second-order valence-electron chi connectivity index (χ2n) is 3.65. The molecular weight excluding hydrogens is 214 g/mol. The van der Waals surface area contributed by atoms with Gasteiger partial charge in [-0.2, -0.15) is 0 Å². The van der Waals surface area contributed by atoms with Crippen LogP contribution in [-0.4, -0.2) is 20.4 Å². The highest BCUT2D eigenvalue weighted by Crippen LogP contribution is 2.10. The molecule has 17 heavy (non-hydrogen) atoms. The molecule has 0 aliphatic carbocycles. The number of hydrogen-bond acceptors (Lipinski definition) is 3. The lowest BCUT2D eigenvalue weighted by Crippen LogP contribution is -2.13. The molecule has 0 atom stereocenters. The van der Waals surface area contributed by atoms with Crippen molar-refractivity contribution in [1.29, 1.82) is 0 Å². The Balaban J connectivity index is 2.09. The van der Waals surface area contributed by atoms with Crippen LogP contribution in [0.4, 0.5) is 0 Å².